The number of allylic oxidation sites excluding steroid dienone is 6. The molecule has 0 radical (unpaired) electrons. The molecule has 0 spiro atoms. The number of anilines is 1. The molecule has 4 rings (SSSR count). The van der Waals surface area contributed by atoms with Crippen LogP contribution < -0.4 is 39.9 Å². The Hall–Kier alpha value is -3.07. The van der Waals surface area contributed by atoms with Crippen molar-refractivity contribution in [2.45, 2.75) is 0 Å². The van der Waals surface area contributed by atoms with Gasteiger partial charge in [-0.3, -0.25) is 15.2 Å². The molecule has 2 aromatic carbocycles. The van der Waals surface area contributed by atoms with E-state index in [0.29, 0.717) is 5.69 Å². The van der Waals surface area contributed by atoms with E-state index in [2.05, 4.69) is 15.2 Å². The smallest absolute Gasteiger partial charge is 0.871 e. The van der Waals surface area contributed by atoms with Crippen LogP contribution in [0.5, 0.6) is 5.75 Å². The van der Waals surface area contributed by atoms with E-state index in [1.165, 1.54) is 12.2 Å². The normalized spacial score (nSPS) is 16.7. The number of nitrogens with zero attached hydrogens (tertiary/aromatic N) is 4. The maximum atomic E-state index is 12.7. The van der Waals surface area contributed by atoms with Crippen molar-refractivity contribution in [1.29, 1.82) is 0 Å². The first-order valence-electron chi connectivity index (χ1n) is 9.58. The average Bonchev–Trinajstić information content (AvgIpc) is 2.79. The second-order valence-electron chi connectivity index (χ2n) is 7.04. The molecule has 2 aliphatic rings. The van der Waals surface area contributed by atoms with Gasteiger partial charge in [0.1, 0.15) is 5.70 Å². The second-order valence-corrected chi connectivity index (χ2v) is 8.50. The van der Waals surface area contributed by atoms with Gasteiger partial charge in [-0.2, -0.15) is 14.2 Å². The molecule has 0 atom stereocenters. The van der Waals surface area contributed by atoms with E-state index >= 15 is 0 Å². The van der Waals surface area contributed by atoms with Crippen molar-refractivity contribution in [1.82, 2.24) is 0 Å². The Morgan fingerprint density at radius 2 is 1.66 bits per heavy atom. The quantitative estimate of drug-likeness (QED) is 0.201. The van der Waals surface area contributed by atoms with Gasteiger partial charge in [-0.25, -0.2) is 4.99 Å². The number of benzene rings is 2. The van der Waals surface area contributed by atoms with Gasteiger partial charge in [-0.1, -0.05) is 36.1 Å². The van der Waals surface area contributed by atoms with Crippen LogP contribution in [0, 0.1) is 0 Å². The predicted molar refractivity (Wildman–Crippen MR) is 121 cm³/mol. The molecule has 2 aromatic rings. The second kappa shape index (κ2) is 10.7. The molecule has 0 saturated heterocycles. The number of azo groups is 1. The van der Waals surface area contributed by atoms with E-state index in [-0.39, 0.29) is 73.6 Å². The number of carbonyl (C=O) groups excluding carboxylic acids is 1. The van der Waals surface area contributed by atoms with Crippen molar-refractivity contribution in [3.63, 3.8) is 0 Å². The van der Waals surface area contributed by atoms with Crippen molar-refractivity contribution in [2.75, 3.05) is 5.23 Å². The fraction of sp³-hybridized carbons (Fsp3) is 0. The van der Waals surface area contributed by atoms with Crippen LogP contribution in [-0.2, 0) is 19.5 Å². The minimum absolute atomic E-state index is 0. The van der Waals surface area contributed by atoms with E-state index in [0.717, 1.165) is 30.4 Å². The monoisotopic (exact) mass is 503 g/mol. The van der Waals surface area contributed by atoms with Crippen LogP contribution in [0.4, 0.5) is 17.1 Å². The van der Waals surface area contributed by atoms with Crippen molar-refractivity contribution >= 4 is 39.1 Å². The molecule has 13 heteroatoms. The molecule has 0 amide bonds. The van der Waals surface area contributed by atoms with Crippen LogP contribution in [0.2, 0.25) is 0 Å². The molecule has 11 nitrogen and oxygen atoms in total. The summed E-state index contributed by atoms with van der Waals surface area (Å²) in [6.45, 7) is 0. The number of carbonyl (C=O) groups is 1. The molecule has 4 N–H and O–H groups in total. The Labute approximate surface area is 222 Å². The number of para-hydroxylation sites is 1. The van der Waals surface area contributed by atoms with Crippen LogP contribution in [0.15, 0.2) is 110 Å². The summed E-state index contributed by atoms with van der Waals surface area (Å²) in [5.41, 5.74) is 0.326. The van der Waals surface area contributed by atoms with Gasteiger partial charge < -0.3 is 5.11 Å². The fourth-order valence-electron chi connectivity index (χ4n) is 3.17. The Morgan fingerprint density at radius 3 is 2.31 bits per heavy atom. The van der Waals surface area contributed by atoms with E-state index in [4.69, 9.17) is 10.4 Å². The third kappa shape index (κ3) is 5.96. The molecule has 0 aromatic heterocycles. The number of fused-ring (bicyclic) bond motifs is 1. The minimum Gasteiger partial charge on any atom is -0.871 e. The Bertz CT molecular complexity index is 1410. The van der Waals surface area contributed by atoms with Gasteiger partial charge in [0.25, 0.3) is 0 Å². The SMILES string of the molecule is O=C1C=CC2=CC([S+](=O)(O)O)=CC(=Nc3ccccc3)C2=C1N=Nc1cc(N(O)O)ccc1[O-].[Na+]. The molecule has 2 aliphatic carbocycles. The zero-order valence-corrected chi connectivity index (χ0v) is 21.0. The van der Waals surface area contributed by atoms with Crippen LogP contribution in [0.1, 0.15) is 0 Å². The molecule has 0 bridgehead atoms. The van der Waals surface area contributed by atoms with Crippen LogP contribution in [0.3, 0.4) is 0 Å². The summed E-state index contributed by atoms with van der Waals surface area (Å²) < 4.78 is 31.3. The fourth-order valence-corrected chi connectivity index (χ4v) is 3.72. The third-order valence-electron chi connectivity index (χ3n) is 4.75. The number of hydrogen-bond donors (Lipinski definition) is 4. The Balaban J connectivity index is 0.00000342. The Morgan fingerprint density at radius 1 is 0.943 bits per heavy atom. The van der Waals surface area contributed by atoms with Crippen molar-refractivity contribution in [2.24, 2.45) is 15.2 Å². The summed E-state index contributed by atoms with van der Waals surface area (Å²) in [4.78, 5) is 16.8. The molecule has 0 aliphatic heterocycles. The third-order valence-corrected chi connectivity index (χ3v) is 5.60. The van der Waals surface area contributed by atoms with Gasteiger partial charge in [-0.15, -0.1) is 10.3 Å². The van der Waals surface area contributed by atoms with E-state index in [9.17, 15) is 23.2 Å². The maximum absolute atomic E-state index is 12.7. The number of hydrogen-bond acceptors (Lipinski definition) is 9. The zero-order valence-electron chi connectivity index (χ0n) is 18.1. The average molecular weight is 503 g/mol. The molecule has 0 heterocycles. The van der Waals surface area contributed by atoms with Gasteiger partial charge in [-0.05, 0) is 40.1 Å². The van der Waals surface area contributed by atoms with Gasteiger partial charge in [0, 0.05) is 17.7 Å². The first-order valence-corrected chi connectivity index (χ1v) is 11.0. The van der Waals surface area contributed by atoms with Gasteiger partial charge in [0.15, 0.2) is 0 Å². The van der Waals surface area contributed by atoms with Gasteiger partial charge >= 0.3 is 40.1 Å². The van der Waals surface area contributed by atoms with E-state index in [1.807, 2.05) is 0 Å². The molecule has 172 valence electrons. The van der Waals surface area contributed by atoms with Crippen LogP contribution >= 0.6 is 0 Å². The summed E-state index contributed by atoms with van der Waals surface area (Å²) >= 11 is 0. The number of ketones is 1. The number of aliphatic imine (C=N–C) groups is 1. The van der Waals surface area contributed by atoms with E-state index in [1.54, 1.807) is 30.3 Å². The predicted octanol–water partition coefficient (Wildman–Crippen LogP) is 0.868. The molecule has 35 heavy (non-hydrogen) atoms. The summed E-state index contributed by atoms with van der Waals surface area (Å²) in [5, 5.41) is 38.0. The van der Waals surface area contributed by atoms with Crippen LogP contribution in [0.25, 0.3) is 0 Å². The molecule has 0 saturated carbocycles. The molecule has 0 unspecified atom stereocenters. The van der Waals surface area contributed by atoms with Crippen LogP contribution in [-0.4, -0.2) is 31.0 Å². The Kier molecular flexibility index (Phi) is 8.10. The molecule has 0 fully saturated rings. The summed E-state index contributed by atoms with van der Waals surface area (Å²) in [6.07, 6.45) is 4.91. The largest absolute Gasteiger partial charge is 1.00 e. The van der Waals surface area contributed by atoms with Crippen molar-refractivity contribution in [3.8, 4) is 5.75 Å². The molecular formula is C22H16N4NaO7S+. The number of rotatable bonds is 5. The minimum atomic E-state index is -4.34. The standard InChI is InChI=1S/C22H16N4O7S.Na/c27-19-9-7-15(26(29)30)11-17(19)24-25-22-20(28)8-6-13-10-16(34(31,32)33)12-18(21(13)22)23-14-4-2-1-3-5-14;/h1-12,29-30H,(H2-,23,25,27,31,32,33);/q;+1. The maximum Gasteiger partial charge on any atom is 1.00 e. The summed E-state index contributed by atoms with van der Waals surface area (Å²) in [6, 6.07) is 11.8. The van der Waals surface area contributed by atoms with E-state index < -0.39 is 22.0 Å². The summed E-state index contributed by atoms with van der Waals surface area (Å²) in [5.74, 6) is -1.16. The zero-order chi connectivity index (χ0) is 24.5. The topological polar surface area (TPSA) is 178 Å². The summed E-state index contributed by atoms with van der Waals surface area (Å²) in [7, 11) is -4.34. The first kappa shape index (κ1) is 26.5. The van der Waals surface area contributed by atoms with Gasteiger partial charge in [0.2, 0.25) is 10.7 Å². The molecular weight excluding hydrogens is 487 g/mol. The van der Waals surface area contributed by atoms with Crippen molar-refractivity contribution < 1.29 is 63.2 Å². The van der Waals surface area contributed by atoms with Crippen molar-refractivity contribution in [3.05, 3.63) is 94.6 Å². The van der Waals surface area contributed by atoms with Gasteiger partial charge in [0.05, 0.1) is 22.8 Å². The first-order chi connectivity index (χ1) is 16.1.